The first-order chi connectivity index (χ1) is 14.8. The van der Waals surface area contributed by atoms with Crippen molar-refractivity contribution < 1.29 is 4.79 Å². The fraction of sp³-hybridized carbons (Fsp3) is 0.200. The number of imidazole rings is 1. The zero-order valence-corrected chi connectivity index (χ0v) is 16.8. The lowest BCUT2D eigenvalue weighted by molar-refractivity contribution is 0.0628. The van der Waals surface area contributed by atoms with Crippen LogP contribution in [0.3, 0.4) is 0 Å². The standard InChI is InChI=1S/C25H24N4O/c30-25(29-13-11-28(12-14-29)17-19-5-2-1-3-6-19)22-8-4-7-20(15-22)21-9-10-23-24(16-21)27-18-26-23/h1-10,15-16,18H,11-14,17H2,(H,26,27). The van der Waals surface area contributed by atoms with Crippen LogP contribution in [0.1, 0.15) is 15.9 Å². The SMILES string of the molecule is O=C(c1cccc(-c2ccc3nc[nH]c3c2)c1)N1CCN(Cc2ccccc2)CC1. The molecule has 0 radical (unpaired) electrons. The van der Waals surface area contributed by atoms with Gasteiger partial charge >= 0.3 is 0 Å². The van der Waals surface area contributed by atoms with Crippen LogP contribution >= 0.6 is 0 Å². The molecule has 2 heterocycles. The third-order valence-corrected chi connectivity index (χ3v) is 5.77. The molecule has 1 fully saturated rings. The number of piperazine rings is 1. The second-order valence-corrected chi connectivity index (χ2v) is 7.77. The average Bonchev–Trinajstić information content (AvgIpc) is 3.28. The van der Waals surface area contributed by atoms with Crippen LogP contribution in [0.25, 0.3) is 22.2 Å². The molecule has 4 aromatic rings. The number of nitrogens with one attached hydrogen (secondary N) is 1. The number of benzene rings is 3. The molecule has 0 bridgehead atoms. The molecule has 150 valence electrons. The van der Waals surface area contributed by atoms with Crippen molar-refractivity contribution in [3.05, 3.63) is 90.3 Å². The van der Waals surface area contributed by atoms with Gasteiger partial charge in [-0.15, -0.1) is 0 Å². The monoisotopic (exact) mass is 396 g/mol. The summed E-state index contributed by atoms with van der Waals surface area (Å²) >= 11 is 0. The Morgan fingerprint density at radius 2 is 1.67 bits per heavy atom. The first kappa shape index (κ1) is 18.6. The highest BCUT2D eigenvalue weighted by Crippen LogP contribution is 2.24. The maximum atomic E-state index is 13.1. The third kappa shape index (κ3) is 3.84. The summed E-state index contributed by atoms with van der Waals surface area (Å²) in [5.41, 5.74) is 6.13. The summed E-state index contributed by atoms with van der Waals surface area (Å²) in [5, 5.41) is 0. The van der Waals surface area contributed by atoms with Crippen LogP contribution < -0.4 is 0 Å². The number of aromatic nitrogens is 2. The van der Waals surface area contributed by atoms with E-state index in [0.717, 1.165) is 60.4 Å². The number of fused-ring (bicyclic) bond motifs is 1. The van der Waals surface area contributed by atoms with E-state index in [1.54, 1.807) is 6.33 Å². The molecule has 5 rings (SSSR count). The molecule has 0 aliphatic carbocycles. The highest BCUT2D eigenvalue weighted by atomic mass is 16.2. The number of hydrogen-bond acceptors (Lipinski definition) is 3. The van der Waals surface area contributed by atoms with Crippen LogP contribution in [-0.4, -0.2) is 51.9 Å². The molecule has 30 heavy (non-hydrogen) atoms. The summed E-state index contributed by atoms with van der Waals surface area (Å²) in [7, 11) is 0. The summed E-state index contributed by atoms with van der Waals surface area (Å²) in [4.78, 5) is 24.9. The molecule has 1 amide bonds. The lowest BCUT2D eigenvalue weighted by Gasteiger charge is -2.34. The molecule has 1 saturated heterocycles. The van der Waals surface area contributed by atoms with Gasteiger partial charge in [0.05, 0.1) is 17.4 Å². The smallest absolute Gasteiger partial charge is 0.253 e. The number of hydrogen-bond donors (Lipinski definition) is 1. The van der Waals surface area contributed by atoms with Crippen molar-refractivity contribution >= 4 is 16.9 Å². The number of aromatic amines is 1. The van der Waals surface area contributed by atoms with Crippen LogP contribution in [0.5, 0.6) is 0 Å². The molecule has 5 heteroatoms. The van der Waals surface area contributed by atoms with Gasteiger partial charge in [0.15, 0.2) is 0 Å². The minimum Gasteiger partial charge on any atom is -0.345 e. The zero-order chi connectivity index (χ0) is 20.3. The lowest BCUT2D eigenvalue weighted by atomic mass is 10.0. The Kier molecular flexibility index (Phi) is 5.03. The summed E-state index contributed by atoms with van der Waals surface area (Å²) < 4.78 is 0. The predicted octanol–water partition coefficient (Wildman–Crippen LogP) is 4.19. The van der Waals surface area contributed by atoms with Crippen molar-refractivity contribution in [3.63, 3.8) is 0 Å². The number of H-pyrrole nitrogens is 1. The third-order valence-electron chi connectivity index (χ3n) is 5.77. The Hall–Kier alpha value is -3.44. The number of amides is 1. The summed E-state index contributed by atoms with van der Waals surface area (Å²) in [6.07, 6.45) is 1.70. The number of carbonyl (C=O) groups is 1. The zero-order valence-electron chi connectivity index (χ0n) is 16.8. The second kappa shape index (κ2) is 8.13. The van der Waals surface area contributed by atoms with E-state index in [0.29, 0.717) is 0 Å². The van der Waals surface area contributed by atoms with Gasteiger partial charge in [0, 0.05) is 38.3 Å². The van der Waals surface area contributed by atoms with E-state index in [4.69, 9.17) is 0 Å². The largest absolute Gasteiger partial charge is 0.345 e. The normalized spacial score (nSPS) is 14.9. The maximum Gasteiger partial charge on any atom is 0.253 e. The molecular weight excluding hydrogens is 372 g/mol. The molecule has 1 N–H and O–H groups in total. The number of carbonyl (C=O) groups excluding carboxylic acids is 1. The minimum absolute atomic E-state index is 0.110. The fourth-order valence-corrected chi connectivity index (χ4v) is 4.08. The van der Waals surface area contributed by atoms with Gasteiger partial charge in [0.1, 0.15) is 0 Å². The van der Waals surface area contributed by atoms with Crippen molar-refractivity contribution in [3.8, 4) is 11.1 Å². The fourth-order valence-electron chi connectivity index (χ4n) is 4.08. The average molecular weight is 396 g/mol. The van der Waals surface area contributed by atoms with Crippen molar-refractivity contribution in [1.82, 2.24) is 19.8 Å². The number of nitrogens with zero attached hydrogens (tertiary/aromatic N) is 3. The van der Waals surface area contributed by atoms with Gasteiger partial charge in [-0.2, -0.15) is 0 Å². The summed E-state index contributed by atoms with van der Waals surface area (Å²) in [5.74, 6) is 0.110. The first-order valence-corrected chi connectivity index (χ1v) is 10.4. The van der Waals surface area contributed by atoms with Crippen LogP contribution in [0.4, 0.5) is 0 Å². The highest BCUT2D eigenvalue weighted by molar-refractivity contribution is 5.96. The van der Waals surface area contributed by atoms with E-state index in [2.05, 4.69) is 51.3 Å². The molecule has 3 aromatic carbocycles. The van der Waals surface area contributed by atoms with Gasteiger partial charge in [0.25, 0.3) is 5.91 Å². The minimum atomic E-state index is 0.110. The van der Waals surface area contributed by atoms with Crippen molar-refractivity contribution in [2.75, 3.05) is 26.2 Å². The predicted molar refractivity (Wildman–Crippen MR) is 119 cm³/mol. The van der Waals surface area contributed by atoms with E-state index >= 15 is 0 Å². The topological polar surface area (TPSA) is 52.2 Å². The van der Waals surface area contributed by atoms with Crippen LogP contribution in [0.15, 0.2) is 79.1 Å². The second-order valence-electron chi connectivity index (χ2n) is 7.77. The van der Waals surface area contributed by atoms with E-state index in [9.17, 15) is 4.79 Å². The van der Waals surface area contributed by atoms with Gasteiger partial charge in [-0.1, -0.05) is 48.5 Å². The Bertz CT molecular complexity index is 1160. The Labute approximate surface area is 176 Å². The van der Waals surface area contributed by atoms with Crippen molar-refractivity contribution in [2.24, 2.45) is 0 Å². The molecular formula is C25H24N4O. The van der Waals surface area contributed by atoms with Gasteiger partial charge in [0.2, 0.25) is 0 Å². The highest BCUT2D eigenvalue weighted by Gasteiger charge is 2.22. The molecule has 0 unspecified atom stereocenters. The van der Waals surface area contributed by atoms with E-state index < -0.39 is 0 Å². The Balaban J connectivity index is 1.27. The van der Waals surface area contributed by atoms with Gasteiger partial charge < -0.3 is 9.88 Å². The van der Waals surface area contributed by atoms with Gasteiger partial charge in [-0.25, -0.2) is 4.98 Å². The van der Waals surface area contributed by atoms with E-state index in [-0.39, 0.29) is 5.91 Å². The molecule has 1 aromatic heterocycles. The van der Waals surface area contributed by atoms with E-state index in [1.165, 1.54) is 5.56 Å². The maximum absolute atomic E-state index is 13.1. The van der Waals surface area contributed by atoms with Crippen LogP contribution in [0, 0.1) is 0 Å². The lowest BCUT2D eigenvalue weighted by Crippen LogP contribution is -2.48. The first-order valence-electron chi connectivity index (χ1n) is 10.4. The van der Waals surface area contributed by atoms with Crippen LogP contribution in [-0.2, 0) is 6.54 Å². The summed E-state index contributed by atoms with van der Waals surface area (Å²) in [6.45, 7) is 4.26. The molecule has 0 atom stereocenters. The molecule has 0 saturated carbocycles. The molecule has 1 aliphatic rings. The molecule has 0 spiro atoms. The number of rotatable bonds is 4. The van der Waals surface area contributed by atoms with Gasteiger partial charge in [-0.3, -0.25) is 9.69 Å². The Morgan fingerprint density at radius 3 is 2.50 bits per heavy atom. The van der Waals surface area contributed by atoms with Crippen molar-refractivity contribution in [2.45, 2.75) is 6.54 Å². The van der Waals surface area contributed by atoms with E-state index in [1.807, 2.05) is 41.3 Å². The Morgan fingerprint density at radius 1 is 0.867 bits per heavy atom. The summed E-state index contributed by atoms with van der Waals surface area (Å²) in [6, 6.07) is 24.6. The van der Waals surface area contributed by atoms with Gasteiger partial charge in [-0.05, 0) is 41.0 Å². The van der Waals surface area contributed by atoms with Crippen LogP contribution in [0.2, 0.25) is 0 Å². The quantitative estimate of drug-likeness (QED) is 0.563. The molecule has 1 aliphatic heterocycles. The van der Waals surface area contributed by atoms with Crippen molar-refractivity contribution in [1.29, 1.82) is 0 Å². The molecule has 5 nitrogen and oxygen atoms in total.